The largest absolute Gasteiger partial charge is 0.393 e. The average molecular weight is 468 g/mol. The number of hydrogen-bond donors (Lipinski definition) is 3. The Morgan fingerprint density at radius 1 is 1.14 bits per heavy atom. The number of unbranched alkanes of at least 4 members (excludes halogenated alkanes) is 2. The second-order valence-electron chi connectivity index (χ2n) is 7.38. The molecule has 1 heterocycles. The van der Waals surface area contributed by atoms with Gasteiger partial charge in [-0.1, -0.05) is 78.9 Å². The maximum absolute atomic E-state index is 10.3. The van der Waals surface area contributed by atoms with Crippen molar-refractivity contribution in [2.24, 2.45) is 11.8 Å². The van der Waals surface area contributed by atoms with Gasteiger partial charge in [0.15, 0.2) is 0 Å². The van der Waals surface area contributed by atoms with Crippen molar-refractivity contribution in [1.82, 2.24) is 0 Å². The second-order valence-corrected chi connectivity index (χ2v) is 9.84. The van der Waals surface area contributed by atoms with Gasteiger partial charge in [0.25, 0.3) is 0 Å². The lowest BCUT2D eigenvalue weighted by Crippen LogP contribution is -2.20. The first-order chi connectivity index (χ1) is 13.3. The highest BCUT2D eigenvalue weighted by atomic mass is 35.5. The normalized spacial score (nSPS) is 26.7. The van der Waals surface area contributed by atoms with Gasteiger partial charge < -0.3 is 15.3 Å². The molecule has 0 aromatic carbocycles. The molecule has 3 N–H and O–H groups in total. The van der Waals surface area contributed by atoms with Gasteiger partial charge in [-0.15, -0.1) is 11.3 Å². The Bertz CT molecular complexity index is 674. The SMILES string of the molecule is CCCC/C=C\C[C@@H]1[C@@H](/C=C/[C@@H](O)CCc2sc(Cl)c(Cl)c2Cl)[C@H](O)C[C@@H]1O. The van der Waals surface area contributed by atoms with Crippen LogP contribution in [0.4, 0.5) is 0 Å². The molecule has 28 heavy (non-hydrogen) atoms. The van der Waals surface area contributed by atoms with Crippen LogP contribution >= 0.6 is 46.1 Å². The summed E-state index contributed by atoms with van der Waals surface area (Å²) in [6.45, 7) is 2.16. The van der Waals surface area contributed by atoms with Gasteiger partial charge in [-0.25, -0.2) is 0 Å². The summed E-state index contributed by atoms with van der Waals surface area (Å²) in [5, 5.41) is 31.7. The number of thiophene rings is 1. The summed E-state index contributed by atoms with van der Waals surface area (Å²) in [5.41, 5.74) is 0. The minimum absolute atomic E-state index is 0.0271. The number of aliphatic hydroxyl groups is 3. The molecular weight excluding hydrogens is 439 g/mol. The molecule has 158 valence electrons. The third kappa shape index (κ3) is 6.73. The molecule has 0 bridgehead atoms. The Hall–Kier alpha value is -0.0700. The second kappa shape index (κ2) is 11.9. The number of halogens is 3. The fourth-order valence-corrected chi connectivity index (χ4v) is 5.49. The minimum Gasteiger partial charge on any atom is -0.393 e. The van der Waals surface area contributed by atoms with Gasteiger partial charge in [0, 0.05) is 17.2 Å². The molecular formula is C21H29Cl3O3S. The fourth-order valence-electron chi connectivity index (χ4n) is 3.60. The van der Waals surface area contributed by atoms with E-state index in [4.69, 9.17) is 34.8 Å². The van der Waals surface area contributed by atoms with E-state index in [0.29, 0.717) is 33.6 Å². The lowest BCUT2D eigenvalue weighted by atomic mass is 9.89. The number of rotatable bonds is 10. The van der Waals surface area contributed by atoms with E-state index in [2.05, 4.69) is 19.1 Å². The molecule has 0 radical (unpaired) electrons. The predicted octanol–water partition coefficient (Wildman–Crippen LogP) is 6.05. The lowest BCUT2D eigenvalue weighted by molar-refractivity contribution is 0.120. The van der Waals surface area contributed by atoms with Crippen LogP contribution in [0, 0.1) is 11.8 Å². The van der Waals surface area contributed by atoms with Crippen molar-refractivity contribution >= 4 is 46.1 Å². The van der Waals surface area contributed by atoms with E-state index in [1.165, 1.54) is 11.3 Å². The molecule has 1 aromatic rings. The lowest BCUT2D eigenvalue weighted by Gasteiger charge is -2.19. The first-order valence-electron chi connectivity index (χ1n) is 9.84. The van der Waals surface area contributed by atoms with Gasteiger partial charge in [-0.05, 0) is 31.6 Å². The van der Waals surface area contributed by atoms with Crippen molar-refractivity contribution in [2.75, 3.05) is 0 Å². The Morgan fingerprint density at radius 2 is 1.89 bits per heavy atom. The zero-order valence-electron chi connectivity index (χ0n) is 16.0. The Labute approximate surface area is 186 Å². The van der Waals surface area contributed by atoms with Crippen molar-refractivity contribution in [2.45, 2.75) is 70.2 Å². The van der Waals surface area contributed by atoms with Crippen LogP contribution in [0.5, 0.6) is 0 Å². The van der Waals surface area contributed by atoms with Gasteiger partial charge in [0.05, 0.1) is 28.4 Å². The van der Waals surface area contributed by atoms with Crippen LogP contribution in [-0.4, -0.2) is 33.6 Å². The van der Waals surface area contributed by atoms with Crippen molar-refractivity contribution in [3.05, 3.63) is 43.6 Å². The van der Waals surface area contributed by atoms with Crippen LogP contribution in [0.25, 0.3) is 0 Å². The van der Waals surface area contributed by atoms with E-state index in [1.807, 2.05) is 6.08 Å². The topological polar surface area (TPSA) is 60.7 Å². The van der Waals surface area contributed by atoms with E-state index in [9.17, 15) is 15.3 Å². The van der Waals surface area contributed by atoms with Crippen molar-refractivity contribution in [3.8, 4) is 0 Å². The zero-order chi connectivity index (χ0) is 20.7. The highest BCUT2D eigenvalue weighted by Crippen LogP contribution is 2.41. The number of hydrogen-bond acceptors (Lipinski definition) is 4. The van der Waals surface area contributed by atoms with Crippen LogP contribution in [-0.2, 0) is 6.42 Å². The summed E-state index contributed by atoms with van der Waals surface area (Å²) < 4.78 is 0.463. The van der Waals surface area contributed by atoms with Crippen molar-refractivity contribution < 1.29 is 15.3 Å². The molecule has 5 atom stereocenters. The van der Waals surface area contributed by atoms with Gasteiger partial charge in [0.1, 0.15) is 4.34 Å². The van der Waals surface area contributed by atoms with Crippen LogP contribution in [0.1, 0.15) is 50.3 Å². The summed E-state index contributed by atoms with van der Waals surface area (Å²) in [6.07, 6.45) is 11.6. The molecule has 0 unspecified atom stereocenters. The first kappa shape index (κ1) is 24.2. The van der Waals surface area contributed by atoms with E-state index in [1.54, 1.807) is 6.08 Å². The molecule has 1 saturated carbocycles. The first-order valence-corrected chi connectivity index (χ1v) is 11.8. The van der Waals surface area contributed by atoms with Gasteiger partial charge in [-0.3, -0.25) is 0 Å². The molecule has 0 aliphatic heterocycles. The summed E-state index contributed by atoms with van der Waals surface area (Å²) in [5.74, 6) is -0.185. The minimum atomic E-state index is -0.665. The van der Waals surface area contributed by atoms with Gasteiger partial charge in [0.2, 0.25) is 0 Å². The van der Waals surface area contributed by atoms with E-state index >= 15 is 0 Å². The van der Waals surface area contributed by atoms with Crippen LogP contribution in [0.3, 0.4) is 0 Å². The third-order valence-electron chi connectivity index (χ3n) is 5.26. The quantitative estimate of drug-likeness (QED) is 0.290. The van der Waals surface area contributed by atoms with Crippen LogP contribution < -0.4 is 0 Å². The smallest absolute Gasteiger partial charge is 0.113 e. The Morgan fingerprint density at radius 3 is 2.54 bits per heavy atom. The number of aliphatic hydroxyl groups excluding tert-OH is 3. The molecule has 0 amide bonds. The monoisotopic (exact) mass is 466 g/mol. The molecule has 3 nitrogen and oxygen atoms in total. The van der Waals surface area contributed by atoms with Gasteiger partial charge >= 0.3 is 0 Å². The Kier molecular flexibility index (Phi) is 10.3. The van der Waals surface area contributed by atoms with E-state index in [-0.39, 0.29) is 11.8 Å². The molecule has 1 aliphatic rings. The number of aryl methyl sites for hydroxylation is 1. The van der Waals surface area contributed by atoms with Crippen molar-refractivity contribution in [3.63, 3.8) is 0 Å². The summed E-state index contributed by atoms with van der Waals surface area (Å²) in [4.78, 5) is 0.857. The van der Waals surface area contributed by atoms with Crippen LogP contribution in [0.2, 0.25) is 14.4 Å². The maximum atomic E-state index is 10.3. The van der Waals surface area contributed by atoms with Gasteiger partial charge in [-0.2, -0.15) is 0 Å². The molecule has 2 rings (SSSR count). The van der Waals surface area contributed by atoms with E-state index < -0.39 is 18.3 Å². The molecule has 1 aromatic heterocycles. The molecule has 1 aliphatic carbocycles. The fraction of sp³-hybridized carbons (Fsp3) is 0.619. The molecule has 0 spiro atoms. The third-order valence-corrected chi connectivity index (χ3v) is 7.93. The maximum Gasteiger partial charge on any atom is 0.113 e. The molecule has 1 fully saturated rings. The standard InChI is InChI=1S/C21H29Cl3O3S/c1-2-3-4-5-6-7-14-15(17(27)12-16(14)26)10-8-13(25)9-11-18-19(22)20(23)21(24)28-18/h5-6,8,10,13-17,25-27H,2-4,7,9,11-12H2,1H3/b6-5-,10-8+/t13-,14-,15-,16+,17-/m1/s1. The molecule has 7 heteroatoms. The average Bonchev–Trinajstić information content (AvgIpc) is 3.07. The summed E-state index contributed by atoms with van der Waals surface area (Å²) in [6, 6.07) is 0. The highest BCUT2D eigenvalue weighted by molar-refractivity contribution is 7.17. The van der Waals surface area contributed by atoms with E-state index in [0.717, 1.165) is 30.6 Å². The zero-order valence-corrected chi connectivity index (χ0v) is 19.1. The van der Waals surface area contributed by atoms with Crippen LogP contribution in [0.15, 0.2) is 24.3 Å². The summed E-state index contributed by atoms with van der Waals surface area (Å²) in [7, 11) is 0. The molecule has 0 saturated heterocycles. The Balaban J connectivity index is 1.89. The predicted molar refractivity (Wildman–Crippen MR) is 120 cm³/mol. The summed E-state index contributed by atoms with van der Waals surface area (Å²) >= 11 is 19.4. The number of allylic oxidation sites excluding steroid dienone is 2. The highest BCUT2D eigenvalue weighted by Gasteiger charge is 2.39. The van der Waals surface area contributed by atoms with Crippen molar-refractivity contribution in [1.29, 1.82) is 0 Å².